The van der Waals surface area contributed by atoms with Gasteiger partial charge >= 0.3 is 0 Å². The zero-order chi connectivity index (χ0) is 16.9. The van der Waals surface area contributed by atoms with Gasteiger partial charge in [-0.2, -0.15) is 0 Å². The van der Waals surface area contributed by atoms with E-state index in [2.05, 4.69) is 9.71 Å². The van der Waals surface area contributed by atoms with E-state index < -0.39 is 10.0 Å². The molecule has 1 heterocycles. The first-order valence-corrected chi connectivity index (χ1v) is 9.12. The molecule has 0 amide bonds. The first-order valence-electron chi connectivity index (χ1n) is 7.63. The van der Waals surface area contributed by atoms with Gasteiger partial charge in [-0.3, -0.25) is 9.71 Å². The molecule has 1 aromatic heterocycles. The first kappa shape index (κ1) is 17.3. The van der Waals surface area contributed by atoms with E-state index in [4.69, 9.17) is 4.74 Å². The predicted octanol–water partition coefficient (Wildman–Crippen LogP) is 3.79. The van der Waals surface area contributed by atoms with Crippen LogP contribution in [0.5, 0.6) is 5.75 Å². The Bertz CT molecular complexity index is 744. The molecular weight excluding hydrogens is 312 g/mol. The van der Waals surface area contributed by atoms with Crippen LogP contribution in [0.25, 0.3) is 0 Å². The van der Waals surface area contributed by atoms with Crippen LogP contribution in [0.15, 0.2) is 47.6 Å². The summed E-state index contributed by atoms with van der Waals surface area (Å²) < 4.78 is 33.3. The Balaban J connectivity index is 2.33. The molecule has 0 bridgehead atoms. The second kappa shape index (κ2) is 7.46. The number of aromatic nitrogens is 1. The fraction of sp³-hybridized carbons (Fsp3) is 0.353. The van der Waals surface area contributed by atoms with Crippen LogP contribution in [-0.4, -0.2) is 20.0 Å². The molecule has 6 heteroatoms. The van der Waals surface area contributed by atoms with Gasteiger partial charge in [-0.15, -0.1) is 0 Å². The highest BCUT2D eigenvalue weighted by atomic mass is 32.2. The average molecular weight is 334 g/mol. The SMILES string of the molecule is CCCOc1ccc(S(=O)(=O)Nc2cccnc2)cc1C(C)C. The third kappa shape index (κ3) is 4.45. The van der Waals surface area contributed by atoms with Crippen molar-refractivity contribution >= 4 is 15.7 Å². The monoisotopic (exact) mass is 334 g/mol. The molecule has 0 atom stereocenters. The number of rotatable bonds is 7. The normalized spacial score (nSPS) is 11.5. The largest absolute Gasteiger partial charge is 0.493 e. The van der Waals surface area contributed by atoms with Crippen LogP contribution >= 0.6 is 0 Å². The van der Waals surface area contributed by atoms with E-state index in [9.17, 15) is 8.42 Å². The number of pyridine rings is 1. The van der Waals surface area contributed by atoms with Crippen molar-refractivity contribution in [2.75, 3.05) is 11.3 Å². The molecule has 1 aromatic carbocycles. The number of sulfonamides is 1. The highest BCUT2D eigenvalue weighted by Gasteiger charge is 2.18. The molecule has 0 fully saturated rings. The lowest BCUT2D eigenvalue weighted by Gasteiger charge is -2.16. The van der Waals surface area contributed by atoms with E-state index in [0.29, 0.717) is 12.3 Å². The lowest BCUT2D eigenvalue weighted by Crippen LogP contribution is -2.14. The number of benzene rings is 1. The summed E-state index contributed by atoms with van der Waals surface area (Å²) in [5.74, 6) is 0.901. The molecule has 0 radical (unpaired) electrons. The van der Waals surface area contributed by atoms with Crippen LogP contribution in [0.2, 0.25) is 0 Å². The van der Waals surface area contributed by atoms with Crippen LogP contribution in [0, 0.1) is 0 Å². The molecule has 5 nitrogen and oxygen atoms in total. The summed E-state index contributed by atoms with van der Waals surface area (Å²) >= 11 is 0. The molecule has 0 aliphatic heterocycles. The fourth-order valence-corrected chi connectivity index (χ4v) is 3.20. The summed E-state index contributed by atoms with van der Waals surface area (Å²) in [5.41, 5.74) is 1.32. The van der Waals surface area contributed by atoms with E-state index in [0.717, 1.165) is 17.7 Å². The topological polar surface area (TPSA) is 68.3 Å². The van der Waals surface area contributed by atoms with Crippen LogP contribution in [0.1, 0.15) is 38.7 Å². The lowest BCUT2D eigenvalue weighted by atomic mass is 10.0. The van der Waals surface area contributed by atoms with Gasteiger partial charge in [0.1, 0.15) is 5.75 Å². The Labute approximate surface area is 137 Å². The summed E-state index contributed by atoms with van der Waals surface area (Å²) in [6.07, 6.45) is 3.97. The van der Waals surface area contributed by atoms with E-state index in [1.165, 1.54) is 6.20 Å². The van der Waals surface area contributed by atoms with Gasteiger partial charge in [-0.05, 0) is 48.2 Å². The summed E-state index contributed by atoms with van der Waals surface area (Å²) in [6.45, 7) is 6.67. The van der Waals surface area contributed by atoms with Gasteiger partial charge in [-0.1, -0.05) is 20.8 Å². The van der Waals surface area contributed by atoms with Crippen molar-refractivity contribution in [2.24, 2.45) is 0 Å². The van der Waals surface area contributed by atoms with E-state index >= 15 is 0 Å². The van der Waals surface area contributed by atoms with Gasteiger partial charge in [-0.25, -0.2) is 8.42 Å². The second-order valence-corrected chi connectivity index (χ2v) is 7.23. The molecule has 0 saturated carbocycles. The minimum Gasteiger partial charge on any atom is -0.493 e. The molecule has 0 spiro atoms. The van der Waals surface area contributed by atoms with Crippen molar-refractivity contribution in [2.45, 2.75) is 38.0 Å². The Morgan fingerprint density at radius 1 is 1.26 bits per heavy atom. The minimum atomic E-state index is -3.65. The summed E-state index contributed by atoms with van der Waals surface area (Å²) in [7, 11) is -3.65. The van der Waals surface area contributed by atoms with Crippen molar-refractivity contribution in [3.63, 3.8) is 0 Å². The maximum absolute atomic E-state index is 12.5. The zero-order valence-electron chi connectivity index (χ0n) is 13.6. The number of anilines is 1. The molecular formula is C17H22N2O3S. The number of hydrogen-bond acceptors (Lipinski definition) is 4. The van der Waals surface area contributed by atoms with Crippen molar-refractivity contribution in [1.82, 2.24) is 4.98 Å². The van der Waals surface area contributed by atoms with E-state index in [-0.39, 0.29) is 10.8 Å². The summed E-state index contributed by atoms with van der Waals surface area (Å²) in [4.78, 5) is 4.13. The number of nitrogens with zero attached hydrogens (tertiary/aromatic N) is 1. The van der Waals surface area contributed by atoms with Gasteiger partial charge in [0.25, 0.3) is 10.0 Å². The first-order chi connectivity index (χ1) is 10.9. The smallest absolute Gasteiger partial charge is 0.261 e. The van der Waals surface area contributed by atoms with Gasteiger partial charge in [0.2, 0.25) is 0 Å². The maximum atomic E-state index is 12.5. The quantitative estimate of drug-likeness (QED) is 0.836. The Kier molecular flexibility index (Phi) is 5.60. The van der Waals surface area contributed by atoms with Crippen LogP contribution in [-0.2, 0) is 10.0 Å². The standard InChI is InChI=1S/C17H22N2O3S/c1-4-10-22-17-8-7-15(11-16(17)13(2)3)23(20,21)19-14-6-5-9-18-12-14/h5-9,11-13,19H,4,10H2,1-3H3. The third-order valence-electron chi connectivity index (χ3n) is 3.29. The zero-order valence-corrected chi connectivity index (χ0v) is 14.4. The maximum Gasteiger partial charge on any atom is 0.261 e. The Morgan fingerprint density at radius 3 is 2.65 bits per heavy atom. The van der Waals surface area contributed by atoms with Gasteiger partial charge < -0.3 is 4.74 Å². The third-order valence-corrected chi connectivity index (χ3v) is 4.67. The molecule has 23 heavy (non-hydrogen) atoms. The van der Waals surface area contributed by atoms with Crippen molar-refractivity contribution in [3.05, 3.63) is 48.3 Å². The summed E-state index contributed by atoms with van der Waals surface area (Å²) in [5, 5.41) is 0. The molecule has 2 aromatic rings. The molecule has 0 saturated heterocycles. The lowest BCUT2D eigenvalue weighted by molar-refractivity contribution is 0.312. The molecule has 2 rings (SSSR count). The average Bonchev–Trinajstić information content (AvgIpc) is 2.53. The Morgan fingerprint density at radius 2 is 2.04 bits per heavy atom. The van der Waals surface area contributed by atoms with Crippen molar-refractivity contribution < 1.29 is 13.2 Å². The number of ether oxygens (including phenoxy) is 1. The highest BCUT2D eigenvalue weighted by molar-refractivity contribution is 7.92. The highest BCUT2D eigenvalue weighted by Crippen LogP contribution is 2.30. The van der Waals surface area contributed by atoms with Crippen LogP contribution in [0.4, 0.5) is 5.69 Å². The molecule has 124 valence electrons. The molecule has 1 N–H and O–H groups in total. The van der Waals surface area contributed by atoms with Gasteiger partial charge in [0.15, 0.2) is 0 Å². The van der Waals surface area contributed by atoms with E-state index in [1.54, 1.807) is 36.5 Å². The van der Waals surface area contributed by atoms with Gasteiger partial charge in [0.05, 0.1) is 23.4 Å². The summed E-state index contributed by atoms with van der Waals surface area (Å²) in [6, 6.07) is 8.30. The fourth-order valence-electron chi connectivity index (χ4n) is 2.13. The second-order valence-electron chi connectivity index (χ2n) is 5.55. The van der Waals surface area contributed by atoms with Gasteiger partial charge in [0, 0.05) is 6.20 Å². The predicted molar refractivity (Wildman–Crippen MR) is 91.4 cm³/mol. The van der Waals surface area contributed by atoms with E-state index in [1.807, 2.05) is 20.8 Å². The molecule has 0 unspecified atom stereocenters. The Hall–Kier alpha value is -2.08. The van der Waals surface area contributed by atoms with Crippen molar-refractivity contribution in [3.8, 4) is 5.75 Å². The molecule has 0 aliphatic rings. The number of hydrogen-bond donors (Lipinski definition) is 1. The molecule has 0 aliphatic carbocycles. The number of nitrogens with one attached hydrogen (secondary N) is 1. The van der Waals surface area contributed by atoms with Crippen molar-refractivity contribution in [1.29, 1.82) is 0 Å². The van der Waals surface area contributed by atoms with Crippen LogP contribution in [0.3, 0.4) is 0 Å². The minimum absolute atomic E-state index is 0.162. The van der Waals surface area contributed by atoms with Crippen LogP contribution < -0.4 is 9.46 Å².